The highest BCUT2D eigenvalue weighted by Gasteiger charge is 2.17. The molecule has 9 heteroatoms. The summed E-state index contributed by atoms with van der Waals surface area (Å²) in [6.07, 6.45) is 3.45. The molecular weight excluding hydrogens is 461 g/mol. The SMILES string of the molecule is COc1cc(/C=C\c2cc(F)c(OC)c(CNS(=O)(=O)c3ccccc3)c2)cc(OC)c1OC. The molecule has 1 N–H and O–H groups in total. The van der Waals surface area contributed by atoms with Gasteiger partial charge in [0.25, 0.3) is 0 Å². The summed E-state index contributed by atoms with van der Waals surface area (Å²) in [6.45, 7) is -0.150. The molecule has 0 aromatic heterocycles. The van der Waals surface area contributed by atoms with Crippen molar-refractivity contribution < 1.29 is 31.8 Å². The van der Waals surface area contributed by atoms with E-state index in [-0.39, 0.29) is 17.2 Å². The molecule has 3 aromatic carbocycles. The van der Waals surface area contributed by atoms with Crippen LogP contribution in [0.5, 0.6) is 23.0 Å². The molecule has 0 unspecified atom stereocenters. The van der Waals surface area contributed by atoms with Crippen molar-refractivity contribution in [2.75, 3.05) is 28.4 Å². The lowest BCUT2D eigenvalue weighted by Crippen LogP contribution is -2.23. The first kappa shape index (κ1) is 25.1. The fourth-order valence-corrected chi connectivity index (χ4v) is 4.40. The van der Waals surface area contributed by atoms with Crippen LogP contribution in [0, 0.1) is 5.82 Å². The number of halogens is 1. The Hall–Kier alpha value is -3.56. The van der Waals surface area contributed by atoms with E-state index < -0.39 is 15.8 Å². The maximum Gasteiger partial charge on any atom is 0.240 e. The van der Waals surface area contributed by atoms with E-state index in [2.05, 4.69) is 4.72 Å². The van der Waals surface area contributed by atoms with E-state index in [1.807, 2.05) is 0 Å². The Bertz CT molecular complexity index is 1250. The fraction of sp³-hybridized carbons (Fsp3) is 0.200. The van der Waals surface area contributed by atoms with Gasteiger partial charge in [0, 0.05) is 12.1 Å². The van der Waals surface area contributed by atoms with Gasteiger partial charge in [-0.25, -0.2) is 17.5 Å². The highest BCUT2D eigenvalue weighted by atomic mass is 32.2. The third kappa shape index (κ3) is 5.67. The van der Waals surface area contributed by atoms with Gasteiger partial charge in [0.1, 0.15) is 0 Å². The normalized spacial score (nSPS) is 11.4. The van der Waals surface area contributed by atoms with E-state index in [9.17, 15) is 12.8 Å². The van der Waals surface area contributed by atoms with Gasteiger partial charge in [-0.1, -0.05) is 30.4 Å². The second-order valence-electron chi connectivity index (χ2n) is 7.12. The van der Waals surface area contributed by atoms with E-state index in [4.69, 9.17) is 18.9 Å². The van der Waals surface area contributed by atoms with Crippen LogP contribution in [-0.4, -0.2) is 36.9 Å². The predicted octanol–water partition coefficient (Wildman–Crippen LogP) is 4.51. The molecule has 3 rings (SSSR count). The van der Waals surface area contributed by atoms with Gasteiger partial charge in [0.2, 0.25) is 15.8 Å². The first-order valence-electron chi connectivity index (χ1n) is 10.2. The van der Waals surface area contributed by atoms with Gasteiger partial charge in [0.15, 0.2) is 23.1 Å². The van der Waals surface area contributed by atoms with Gasteiger partial charge in [-0.3, -0.25) is 0 Å². The van der Waals surface area contributed by atoms with Crippen LogP contribution in [-0.2, 0) is 16.6 Å². The Morgan fingerprint density at radius 2 is 1.35 bits per heavy atom. The minimum absolute atomic E-state index is 0.0271. The van der Waals surface area contributed by atoms with Crippen molar-refractivity contribution in [2.24, 2.45) is 0 Å². The fourth-order valence-electron chi connectivity index (χ4n) is 3.38. The van der Waals surface area contributed by atoms with Crippen molar-refractivity contribution in [2.45, 2.75) is 11.4 Å². The third-order valence-corrected chi connectivity index (χ3v) is 6.43. The number of methoxy groups -OCH3 is 4. The zero-order valence-electron chi connectivity index (χ0n) is 19.3. The van der Waals surface area contributed by atoms with Crippen LogP contribution < -0.4 is 23.7 Å². The highest BCUT2D eigenvalue weighted by Crippen LogP contribution is 2.38. The number of benzene rings is 3. The molecule has 0 aliphatic heterocycles. The zero-order valence-corrected chi connectivity index (χ0v) is 20.1. The van der Waals surface area contributed by atoms with Crippen molar-refractivity contribution in [1.29, 1.82) is 0 Å². The summed E-state index contributed by atoms with van der Waals surface area (Å²) in [5, 5.41) is 0. The summed E-state index contributed by atoms with van der Waals surface area (Å²) >= 11 is 0. The van der Waals surface area contributed by atoms with E-state index >= 15 is 0 Å². The molecule has 0 spiro atoms. The molecule has 0 amide bonds. The van der Waals surface area contributed by atoms with Gasteiger partial charge < -0.3 is 18.9 Å². The Morgan fingerprint density at radius 1 is 0.794 bits per heavy atom. The number of ether oxygens (including phenoxy) is 4. The second-order valence-corrected chi connectivity index (χ2v) is 8.89. The molecule has 0 heterocycles. The topological polar surface area (TPSA) is 83.1 Å². The number of sulfonamides is 1. The minimum Gasteiger partial charge on any atom is -0.493 e. The van der Waals surface area contributed by atoms with Crippen molar-refractivity contribution in [1.82, 2.24) is 4.72 Å². The van der Waals surface area contributed by atoms with Gasteiger partial charge >= 0.3 is 0 Å². The third-order valence-electron chi connectivity index (χ3n) is 5.01. The number of nitrogens with one attached hydrogen (secondary N) is 1. The minimum atomic E-state index is -3.77. The largest absolute Gasteiger partial charge is 0.493 e. The number of hydrogen-bond acceptors (Lipinski definition) is 6. The van der Waals surface area contributed by atoms with Crippen LogP contribution in [0.4, 0.5) is 4.39 Å². The van der Waals surface area contributed by atoms with Crippen LogP contribution in [0.15, 0.2) is 59.5 Å². The average Bonchev–Trinajstić information content (AvgIpc) is 2.85. The van der Waals surface area contributed by atoms with Gasteiger partial charge in [-0.15, -0.1) is 0 Å². The molecule has 0 aliphatic rings. The molecule has 7 nitrogen and oxygen atoms in total. The summed E-state index contributed by atoms with van der Waals surface area (Å²) in [6, 6.07) is 14.4. The van der Waals surface area contributed by atoms with Crippen molar-refractivity contribution >= 4 is 22.2 Å². The van der Waals surface area contributed by atoms with E-state index in [1.54, 1.807) is 48.6 Å². The van der Waals surface area contributed by atoms with Crippen LogP contribution >= 0.6 is 0 Å². The molecule has 180 valence electrons. The second kappa shape index (κ2) is 11.0. The molecule has 0 bridgehead atoms. The number of hydrogen-bond donors (Lipinski definition) is 1. The molecule has 0 atom stereocenters. The highest BCUT2D eigenvalue weighted by molar-refractivity contribution is 7.89. The Morgan fingerprint density at radius 3 is 1.88 bits per heavy atom. The van der Waals surface area contributed by atoms with Crippen LogP contribution in [0.1, 0.15) is 16.7 Å². The Labute approximate surface area is 198 Å². The van der Waals surface area contributed by atoms with Crippen LogP contribution in [0.25, 0.3) is 12.2 Å². The van der Waals surface area contributed by atoms with Gasteiger partial charge in [-0.2, -0.15) is 0 Å². The van der Waals surface area contributed by atoms with Crippen LogP contribution in [0.3, 0.4) is 0 Å². The molecule has 34 heavy (non-hydrogen) atoms. The predicted molar refractivity (Wildman–Crippen MR) is 128 cm³/mol. The quantitative estimate of drug-likeness (QED) is 0.424. The van der Waals surface area contributed by atoms with E-state index in [0.29, 0.717) is 28.4 Å². The first-order chi connectivity index (χ1) is 16.3. The summed E-state index contributed by atoms with van der Waals surface area (Å²) in [4.78, 5) is 0.118. The smallest absolute Gasteiger partial charge is 0.240 e. The molecule has 0 aliphatic carbocycles. The number of rotatable bonds is 10. The maximum atomic E-state index is 14.7. The van der Waals surface area contributed by atoms with E-state index in [1.165, 1.54) is 46.6 Å². The Balaban J connectivity index is 1.90. The molecule has 0 fully saturated rings. The lowest BCUT2D eigenvalue weighted by Gasteiger charge is -2.13. The Kier molecular flexibility index (Phi) is 8.14. The molecular formula is C25H26FNO6S. The molecule has 0 saturated heterocycles. The van der Waals surface area contributed by atoms with Gasteiger partial charge in [-0.05, 0) is 47.5 Å². The lowest BCUT2D eigenvalue weighted by atomic mass is 10.1. The monoisotopic (exact) mass is 487 g/mol. The summed E-state index contributed by atoms with van der Waals surface area (Å²) in [5.41, 5.74) is 1.60. The standard InChI is InChI=1S/C25H26FNO6S/c1-30-22-14-18(15-23(31-2)25(22)33-4)11-10-17-12-19(24(32-3)21(26)13-17)16-27-34(28,29)20-8-6-5-7-9-20/h5-15,27H,16H2,1-4H3/b11-10-. The summed E-state index contributed by atoms with van der Waals surface area (Å²) < 4.78 is 63.6. The summed E-state index contributed by atoms with van der Waals surface area (Å²) in [5.74, 6) is 0.798. The lowest BCUT2D eigenvalue weighted by molar-refractivity contribution is 0.324. The molecule has 0 saturated carbocycles. The average molecular weight is 488 g/mol. The maximum absolute atomic E-state index is 14.7. The van der Waals surface area contributed by atoms with Crippen LogP contribution in [0.2, 0.25) is 0 Å². The van der Waals surface area contributed by atoms with Crippen molar-refractivity contribution in [3.8, 4) is 23.0 Å². The first-order valence-corrected chi connectivity index (χ1v) is 11.7. The summed E-state index contributed by atoms with van der Waals surface area (Å²) in [7, 11) is 2.12. The van der Waals surface area contributed by atoms with Crippen molar-refractivity contribution in [3.05, 3.63) is 77.1 Å². The van der Waals surface area contributed by atoms with E-state index in [0.717, 1.165) is 5.56 Å². The van der Waals surface area contributed by atoms with Gasteiger partial charge in [0.05, 0.1) is 33.3 Å². The zero-order chi connectivity index (χ0) is 24.7. The van der Waals surface area contributed by atoms with Crippen molar-refractivity contribution in [3.63, 3.8) is 0 Å². The molecule has 3 aromatic rings. The molecule has 0 radical (unpaired) electrons.